The zero-order valence-corrected chi connectivity index (χ0v) is 18.2. The van der Waals surface area contributed by atoms with Gasteiger partial charge >= 0.3 is 6.18 Å². The SMILES string of the molecule is Cc1c(C(=O)N2CCN(S(=O)(=O)c3cc(C(F)(F)F)ccc3Cl)CC2)cccc1[N+](=O)[O-]. The number of piperazine rings is 1. The summed E-state index contributed by atoms with van der Waals surface area (Å²) < 4.78 is 65.8. The average molecular weight is 492 g/mol. The molecule has 0 unspecified atom stereocenters. The molecule has 0 spiro atoms. The molecule has 2 aromatic carbocycles. The molecule has 1 aliphatic rings. The van der Waals surface area contributed by atoms with Gasteiger partial charge in [0.2, 0.25) is 10.0 Å². The van der Waals surface area contributed by atoms with Crippen LogP contribution in [0.3, 0.4) is 0 Å². The molecule has 1 heterocycles. The van der Waals surface area contributed by atoms with E-state index in [4.69, 9.17) is 11.6 Å². The van der Waals surface area contributed by atoms with Crippen molar-refractivity contribution in [2.45, 2.75) is 18.0 Å². The van der Waals surface area contributed by atoms with E-state index in [9.17, 15) is 36.5 Å². The number of amides is 1. The van der Waals surface area contributed by atoms with Crippen molar-refractivity contribution in [3.05, 3.63) is 68.2 Å². The van der Waals surface area contributed by atoms with Crippen LogP contribution in [0.1, 0.15) is 21.5 Å². The summed E-state index contributed by atoms with van der Waals surface area (Å²) in [5.74, 6) is -0.500. The summed E-state index contributed by atoms with van der Waals surface area (Å²) in [6.07, 6.45) is -4.74. The fourth-order valence-electron chi connectivity index (χ4n) is 3.37. The maximum Gasteiger partial charge on any atom is 0.416 e. The van der Waals surface area contributed by atoms with E-state index in [-0.39, 0.29) is 48.0 Å². The molecule has 1 saturated heterocycles. The third kappa shape index (κ3) is 4.57. The van der Waals surface area contributed by atoms with Crippen LogP contribution in [0.15, 0.2) is 41.3 Å². The number of nitrogens with zero attached hydrogens (tertiary/aromatic N) is 3. The van der Waals surface area contributed by atoms with Crippen LogP contribution in [0.4, 0.5) is 18.9 Å². The molecule has 0 atom stereocenters. The molecule has 32 heavy (non-hydrogen) atoms. The Morgan fingerprint density at radius 3 is 2.31 bits per heavy atom. The number of alkyl halides is 3. The van der Waals surface area contributed by atoms with E-state index >= 15 is 0 Å². The highest BCUT2D eigenvalue weighted by molar-refractivity contribution is 7.89. The van der Waals surface area contributed by atoms with E-state index in [2.05, 4.69) is 0 Å². The highest BCUT2D eigenvalue weighted by Gasteiger charge is 2.36. The number of carbonyl (C=O) groups is 1. The second kappa shape index (κ2) is 8.68. The van der Waals surface area contributed by atoms with Crippen LogP contribution in [0.25, 0.3) is 0 Å². The lowest BCUT2D eigenvalue weighted by Gasteiger charge is -2.34. The number of rotatable bonds is 4. The zero-order valence-electron chi connectivity index (χ0n) is 16.6. The lowest BCUT2D eigenvalue weighted by Crippen LogP contribution is -2.50. The molecular formula is C19H17ClF3N3O5S. The largest absolute Gasteiger partial charge is 0.416 e. The van der Waals surface area contributed by atoms with Crippen molar-refractivity contribution in [3.63, 3.8) is 0 Å². The molecular weight excluding hydrogens is 475 g/mol. The van der Waals surface area contributed by atoms with Gasteiger partial charge in [0.15, 0.2) is 0 Å². The summed E-state index contributed by atoms with van der Waals surface area (Å²) in [4.78, 5) is 24.0. The monoisotopic (exact) mass is 491 g/mol. The van der Waals surface area contributed by atoms with E-state index < -0.39 is 37.5 Å². The highest BCUT2D eigenvalue weighted by atomic mass is 35.5. The van der Waals surface area contributed by atoms with Gasteiger partial charge in [-0.05, 0) is 31.2 Å². The third-order valence-corrected chi connectivity index (χ3v) is 7.51. The molecule has 1 aliphatic heterocycles. The van der Waals surface area contributed by atoms with Gasteiger partial charge in [0.25, 0.3) is 11.6 Å². The number of nitro benzene ring substituents is 1. The number of nitro groups is 1. The molecule has 0 N–H and O–H groups in total. The lowest BCUT2D eigenvalue weighted by molar-refractivity contribution is -0.385. The molecule has 2 aromatic rings. The molecule has 13 heteroatoms. The molecule has 0 bridgehead atoms. The summed E-state index contributed by atoms with van der Waals surface area (Å²) in [6.45, 7) is 1.01. The first-order valence-electron chi connectivity index (χ1n) is 9.24. The molecule has 0 radical (unpaired) electrons. The summed E-state index contributed by atoms with van der Waals surface area (Å²) in [5.41, 5.74) is -1.04. The Hall–Kier alpha value is -2.70. The Labute approximate surface area is 186 Å². The molecule has 1 amide bonds. The van der Waals surface area contributed by atoms with Crippen LogP contribution in [-0.4, -0.2) is 54.6 Å². The third-order valence-electron chi connectivity index (χ3n) is 5.13. The second-order valence-electron chi connectivity index (χ2n) is 7.05. The van der Waals surface area contributed by atoms with Gasteiger partial charge in [0, 0.05) is 43.4 Å². The van der Waals surface area contributed by atoms with Crippen molar-refractivity contribution >= 4 is 33.2 Å². The van der Waals surface area contributed by atoms with Gasteiger partial charge < -0.3 is 4.90 Å². The quantitative estimate of drug-likeness (QED) is 0.479. The zero-order chi connectivity index (χ0) is 23.8. The van der Waals surface area contributed by atoms with Crippen molar-refractivity contribution < 1.29 is 31.3 Å². The molecule has 0 aromatic heterocycles. The van der Waals surface area contributed by atoms with Gasteiger partial charge in [-0.3, -0.25) is 14.9 Å². The Balaban J connectivity index is 1.80. The van der Waals surface area contributed by atoms with Crippen molar-refractivity contribution in [1.29, 1.82) is 0 Å². The van der Waals surface area contributed by atoms with Crippen LogP contribution in [0, 0.1) is 17.0 Å². The standard InChI is InChI=1S/C19H17ClF3N3O5S/c1-12-14(3-2-4-16(12)26(28)29)18(27)24-7-9-25(10-8-24)32(30,31)17-11-13(19(21,22)23)5-6-15(17)20/h2-6,11H,7-10H2,1H3. The summed E-state index contributed by atoms with van der Waals surface area (Å²) in [6, 6.07) is 6.16. The van der Waals surface area contributed by atoms with Gasteiger partial charge in [0.05, 0.1) is 15.5 Å². The van der Waals surface area contributed by atoms with E-state index in [1.165, 1.54) is 30.0 Å². The summed E-state index contributed by atoms with van der Waals surface area (Å²) in [7, 11) is -4.34. The maximum atomic E-state index is 13.0. The number of hydrogen-bond acceptors (Lipinski definition) is 5. The van der Waals surface area contributed by atoms with Crippen LogP contribution < -0.4 is 0 Å². The van der Waals surface area contributed by atoms with Gasteiger partial charge in [-0.2, -0.15) is 17.5 Å². The minimum absolute atomic E-state index is 0.0449. The minimum atomic E-state index is -4.74. The van der Waals surface area contributed by atoms with Crippen LogP contribution in [0.2, 0.25) is 5.02 Å². The molecule has 1 fully saturated rings. The predicted molar refractivity (Wildman–Crippen MR) is 109 cm³/mol. The Kier molecular flexibility index (Phi) is 6.50. The molecule has 8 nitrogen and oxygen atoms in total. The number of carbonyl (C=O) groups excluding carboxylic acids is 1. The van der Waals surface area contributed by atoms with Crippen molar-refractivity contribution in [2.24, 2.45) is 0 Å². The van der Waals surface area contributed by atoms with Crippen LogP contribution in [-0.2, 0) is 16.2 Å². The Morgan fingerprint density at radius 1 is 1.12 bits per heavy atom. The van der Waals surface area contributed by atoms with Crippen molar-refractivity contribution in [2.75, 3.05) is 26.2 Å². The summed E-state index contributed by atoms with van der Waals surface area (Å²) in [5, 5.41) is 10.8. The Morgan fingerprint density at radius 2 is 1.75 bits per heavy atom. The van der Waals surface area contributed by atoms with Gasteiger partial charge in [0.1, 0.15) is 4.90 Å². The molecule has 172 valence electrons. The summed E-state index contributed by atoms with van der Waals surface area (Å²) >= 11 is 5.87. The fraction of sp³-hybridized carbons (Fsp3) is 0.316. The van der Waals surface area contributed by atoms with Crippen LogP contribution in [0.5, 0.6) is 0 Å². The number of halogens is 4. The average Bonchev–Trinajstić information content (AvgIpc) is 2.72. The number of hydrogen-bond donors (Lipinski definition) is 0. The van der Waals surface area contributed by atoms with Crippen molar-refractivity contribution in [3.8, 4) is 0 Å². The topological polar surface area (TPSA) is 101 Å². The number of sulfonamides is 1. The van der Waals surface area contributed by atoms with E-state index in [0.717, 1.165) is 10.4 Å². The van der Waals surface area contributed by atoms with Gasteiger partial charge in [-0.25, -0.2) is 8.42 Å². The second-order valence-corrected chi connectivity index (χ2v) is 9.36. The molecule has 0 saturated carbocycles. The first kappa shape index (κ1) is 24.0. The van der Waals surface area contributed by atoms with E-state index in [1.54, 1.807) is 0 Å². The lowest BCUT2D eigenvalue weighted by atomic mass is 10.1. The normalized spacial score (nSPS) is 15.6. The molecule has 0 aliphatic carbocycles. The first-order valence-corrected chi connectivity index (χ1v) is 11.1. The van der Waals surface area contributed by atoms with E-state index in [1.807, 2.05) is 0 Å². The fourth-order valence-corrected chi connectivity index (χ4v) is 5.29. The Bertz CT molecular complexity index is 1180. The predicted octanol–water partition coefficient (Wildman–Crippen LogP) is 3.72. The molecule has 3 rings (SSSR count). The number of benzene rings is 2. The van der Waals surface area contributed by atoms with E-state index in [0.29, 0.717) is 12.1 Å². The highest BCUT2D eigenvalue weighted by Crippen LogP contribution is 2.34. The van der Waals surface area contributed by atoms with Crippen molar-refractivity contribution in [1.82, 2.24) is 9.21 Å². The van der Waals surface area contributed by atoms with Crippen LogP contribution >= 0.6 is 11.6 Å². The van der Waals surface area contributed by atoms with Gasteiger partial charge in [-0.15, -0.1) is 0 Å². The maximum absolute atomic E-state index is 13.0. The smallest absolute Gasteiger partial charge is 0.336 e. The minimum Gasteiger partial charge on any atom is -0.336 e. The first-order chi connectivity index (χ1) is 14.8. The van der Waals surface area contributed by atoms with Gasteiger partial charge in [-0.1, -0.05) is 17.7 Å².